The molecular weight excluding hydrogens is 277 g/mol. The van der Waals surface area contributed by atoms with Gasteiger partial charge in [-0.15, -0.1) is 0 Å². The summed E-state index contributed by atoms with van der Waals surface area (Å²) in [6.45, 7) is 0. The quantitative estimate of drug-likeness (QED) is 0.393. The first kappa shape index (κ1) is 19.1. The van der Waals surface area contributed by atoms with E-state index in [0.29, 0.717) is 0 Å². The molecular formula is HCuKO7P2. The fourth-order valence-corrected chi connectivity index (χ4v) is 1.14. The molecule has 11 heteroatoms. The fourth-order valence-electron chi connectivity index (χ4n) is 0.126. The first-order valence-corrected chi connectivity index (χ1v) is 4.43. The molecule has 0 fully saturated rings. The monoisotopic (exact) mass is 277 g/mol. The van der Waals surface area contributed by atoms with Crippen molar-refractivity contribution in [2.45, 2.75) is 0 Å². The van der Waals surface area contributed by atoms with E-state index in [1.165, 1.54) is 0 Å². The van der Waals surface area contributed by atoms with E-state index in [0.717, 1.165) is 0 Å². The van der Waals surface area contributed by atoms with Crippen molar-refractivity contribution < 1.29 is 101 Å². The number of phosphoric acid groups is 2. The van der Waals surface area contributed by atoms with Gasteiger partial charge >= 0.3 is 68.5 Å². The van der Waals surface area contributed by atoms with Gasteiger partial charge in [-0.25, -0.2) is 0 Å². The minimum atomic E-state index is -5.61. The van der Waals surface area contributed by atoms with E-state index >= 15 is 0 Å². The zero-order chi connectivity index (χ0) is 7.71. The van der Waals surface area contributed by atoms with E-state index in [1.807, 2.05) is 0 Å². The predicted molar refractivity (Wildman–Crippen MR) is 18.5 cm³/mol. The van der Waals surface area contributed by atoms with Crippen LogP contribution in [0.4, 0.5) is 0 Å². The molecule has 0 rings (SSSR count). The van der Waals surface area contributed by atoms with Crippen molar-refractivity contribution in [2.24, 2.45) is 0 Å². The van der Waals surface area contributed by atoms with Gasteiger partial charge in [-0.2, -0.15) is 0 Å². The Kier molecular flexibility index (Phi) is 11.8. The maximum Gasteiger partial charge on any atom is 2.00 e. The van der Waals surface area contributed by atoms with Gasteiger partial charge < -0.3 is 24.1 Å². The number of rotatable bonds is 2. The first-order chi connectivity index (χ1) is 3.71. The fraction of sp³-hybridized carbons (Fsp3) is 0. The van der Waals surface area contributed by atoms with Crippen LogP contribution >= 0.6 is 15.6 Å². The molecule has 1 N–H and O–H groups in total. The van der Waals surface area contributed by atoms with Crippen LogP contribution in [0.2, 0.25) is 0 Å². The van der Waals surface area contributed by atoms with E-state index in [1.54, 1.807) is 0 Å². The number of hydrogen-bond acceptors (Lipinski definition) is 6. The molecule has 0 aromatic carbocycles. The van der Waals surface area contributed by atoms with Gasteiger partial charge in [0, 0.05) is 0 Å². The van der Waals surface area contributed by atoms with Crippen molar-refractivity contribution in [2.75, 3.05) is 0 Å². The predicted octanol–water partition coefficient (Wildman–Crippen LogP) is -5.71. The van der Waals surface area contributed by atoms with Gasteiger partial charge in [0.15, 0.2) is 0 Å². The molecule has 65 valence electrons. The molecule has 11 heavy (non-hydrogen) atoms. The maximum atomic E-state index is 9.44. The molecule has 0 amide bonds. The summed E-state index contributed by atoms with van der Waals surface area (Å²) in [6, 6.07) is 0. The van der Waals surface area contributed by atoms with E-state index in [4.69, 9.17) is 4.89 Å². The van der Waals surface area contributed by atoms with Crippen LogP contribution in [0, 0.1) is 0 Å². The molecule has 0 aliphatic rings. The Hall–Kier alpha value is 2.42. The van der Waals surface area contributed by atoms with Crippen LogP contribution in [0.5, 0.6) is 0 Å². The summed E-state index contributed by atoms with van der Waals surface area (Å²) in [5.41, 5.74) is 0. The summed E-state index contributed by atoms with van der Waals surface area (Å²) in [5.74, 6) is 0. The minimum Gasteiger partial charge on any atom is -0.790 e. The van der Waals surface area contributed by atoms with Gasteiger partial charge in [0.05, 0.1) is 7.82 Å². The van der Waals surface area contributed by atoms with E-state index in [9.17, 15) is 23.8 Å². The zero-order valence-corrected chi connectivity index (χ0v) is 10.9. The normalized spacial score (nSPS) is 15.6. The average Bonchev–Trinajstić information content (AvgIpc) is 1.14. The topological polar surface area (TPSA) is 133 Å². The average molecular weight is 278 g/mol. The van der Waals surface area contributed by atoms with Crippen molar-refractivity contribution in [1.29, 1.82) is 0 Å². The van der Waals surface area contributed by atoms with Gasteiger partial charge in [-0.1, -0.05) is 0 Å². The Morgan fingerprint density at radius 3 is 1.45 bits per heavy atom. The van der Waals surface area contributed by atoms with Gasteiger partial charge in [0.2, 0.25) is 0 Å². The van der Waals surface area contributed by atoms with Gasteiger partial charge in [0.25, 0.3) is 7.82 Å². The van der Waals surface area contributed by atoms with Crippen molar-refractivity contribution in [3.8, 4) is 0 Å². The van der Waals surface area contributed by atoms with Crippen LogP contribution in [0.15, 0.2) is 0 Å². The summed E-state index contributed by atoms with van der Waals surface area (Å²) in [6.07, 6.45) is 0. The third-order valence-electron chi connectivity index (χ3n) is 0.203. The second-order valence-electron chi connectivity index (χ2n) is 0.997. The van der Waals surface area contributed by atoms with E-state index in [-0.39, 0.29) is 68.5 Å². The Morgan fingerprint density at radius 1 is 1.18 bits per heavy atom. The molecule has 0 aromatic rings. The van der Waals surface area contributed by atoms with Crippen molar-refractivity contribution in [1.82, 2.24) is 0 Å². The molecule has 7 nitrogen and oxygen atoms in total. The maximum absolute atomic E-state index is 9.44. The molecule has 0 heterocycles. The van der Waals surface area contributed by atoms with Crippen molar-refractivity contribution in [3.05, 3.63) is 0 Å². The zero-order valence-electron chi connectivity index (χ0n) is 5.09. The van der Waals surface area contributed by atoms with Crippen LogP contribution in [0.25, 0.3) is 0 Å². The molecule has 1 radical (unpaired) electrons. The molecule has 0 spiro atoms. The van der Waals surface area contributed by atoms with Crippen LogP contribution in [0.3, 0.4) is 0 Å². The SMILES string of the molecule is O=P([O-])([O-])OP(=O)([O-])O.[Cu+2].[K+]. The third kappa shape index (κ3) is 19.0. The summed E-state index contributed by atoms with van der Waals surface area (Å²) in [5, 5.41) is 0. The Labute approximate surface area is 115 Å². The second kappa shape index (κ2) is 6.81. The smallest absolute Gasteiger partial charge is 0.790 e. The Bertz CT molecular complexity index is 157. The molecule has 0 saturated heterocycles. The molecule has 0 saturated carbocycles. The standard InChI is InChI=1S/Cu.K.H4O7P2/c;;1-8(2,3)7-9(4,5)6/h;;(H2,1,2,3)(H2,4,5,6)/q+2;+1;/p-3. The first-order valence-electron chi connectivity index (χ1n) is 1.48. The van der Waals surface area contributed by atoms with Crippen LogP contribution < -0.4 is 66.1 Å². The molecule has 1 unspecified atom stereocenters. The molecule has 0 aromatic heterocycles. The van der Waals surface area contributed by atoms with Gasteiger partial charge in [-0.05, 0) is 0 Å². The third-order valence-corrected chi connectivity index (χ3v) is 1.83. The minimum absolute atomic E-state index is 0. The molecule has 1 atom stereocenters. The Morgan fingerprint density at radius 2 is 1.45 bits per heavy atom. The summed E-state index contributed by atoms with van der Waals surface area (Å²) < 4.78 is 21.4. The summed E-state index contributed by atoms with van der Waals surface area (Å²) >= 11 is 0. The number of hydrogen-bond donors (Lipinski definition) is 1. The summed E-state index contributed by atoms with van der Waals surface area (Å²) in [7, 11) is -11.0. The van der Waals surface area contributed by atoms with Crippen LogP contribution in [-0.4, -0.2) is 4.89 Å². The van der Waals surface area contributed by atoms with E-state index < -0.39 is 15.6 Å². The van der Waals surface area contributed by atoms with Crippen LogP contribution in [-0.2, 0) is 30.5 Å². The van der Waals surface area contributed by atoms with Crippen molar-refractivity contribution >= 4 is 15.6 Å². The molecule has 0 aliphatic heterocycles. The van der Waals surface area contributed by atoms with E-state index in [2.05, 4.69) is 4.31 Å². The molecule has 0 aliphatic carbocycles. The Balaban J connectivity index is -0.000000320. The summed E-state index contributed by atoms with van der Waals surface area (Å²) in [4.78, 5) is 35.7. The largest absolute Gasteiger partial charge is 2.00 e. The van der Waals surface area contributed by atoms with Crippen LogP contribution in [0.1, 0.15) is 0 Å². The van der Waals surface area contributed by atoms with Gasteiger partial charge in [0.1, 0.15) is 0 Å². The second-order valence-corrected chi connectivity index (χ2v) is 3.48. The van der Waals surface area contributed by atoms with Crippen molar-refractivity contribution in [3.63, 3.8) is 0 Å². The molecule has 0 bridgehead atoms. The van der Waals surface area contributed by atoms with Gasteiger partial charge in [-0.3, -0.25) is 8.88 Å².